The van der Waals surface area contributed by atoms with Crippen LogP contribution >= 0.6 is 0 Å². The van der Waals surface area contributed by atoms with Gasteiger partial charge in [-0.3, -0.25) is 14.6 Å². The Labute approximate surface area is 196 Å². The van der Waals surface area contributed by atoms with Gasteiger partial charge >= 0.3 is 5.97 Å². The van der Waals surface area contributed by atoms with E-state index < -0.39 is 5.97 Å². The van der Waals surface area contributed by atoms with E-state index in [2.05, 4.69) is 11.4 Å². The first-order chi connectivity index (χ1) is 15.8. The topological polar surface area (TPSA) is 131 Å². The first-order valence-electron chi connectivity index (χ1n) is 11.6. The average Bonchev–Trinajstić information content (AvgIpc) is 2.76. The Kier molecular flexibility index (Phi) is 10.9. The van der Waals surface area contributed by atoms with Gasteiger partial charge in [0.15, 0.2) is 0 Å². The molecular formula is C26H36N4O3. The number of nitrogens with one attached hydrogen (secondary N) is 1. The zero-order valence-electron chi connectivity index (χ0n) is 19.5. The third-order valence-corrected chi connectivity index (χ3v) is 5.39. The molecule has 0 saturated carbocycles. The summed E-state index contributed by atoms with van der Waals surface area (Å²) in [5, 5.41) is 11.5. The fourth-order valence-electron chi connectivity index (χ4n) is 3.52. The molecule has 7 heteroatoms. The summed E-state index contributed by atoms with van der Waals surface area (Å²) in [4.78, 5) is 27.1. The number of carboxylic acids is 1. The molecule has 1 aromatic carbocycles. The summed E-state index contributed by atoms with van der Waals surface area (Å²) >= 11 is 0. The van der Waals surface area contributed by atoms with Crippen molar-refractivity contribution in [3.8, 4) is 0 Å². The molecule has 1 aliphatic rings. The van der Waals surface area contributed by atoms with Gasteiger partial charge < -0.3 is 21.9 Å². The van der Waals surface area contributed by atoms with Crippen LogP contribution in [0.1, 0.15) is 62.5 Å². The number of carbonyl (C=O) groups is 2. The Balaban J connectivity index is 1.72. The second kappa shape index (κ2) is 13.9. The molecule has 0 fully saturated rings. The van der Waals surface area contributed by atoms with Crippen LogP contribution in [0.4, 0.5) is 5.69 Å². The fraction of sp³-hybridized carbons (Fsp3) is 0.423. The molecular weight excluding hydrogens is 416 g/mol. The van der Waals surface area contributed by atoms with Crippen LogP contribution in [0.25, 0.3) is 6.08 Å². The molecule has 1 aromatic rings. The molecule has 7 nitrogen and oxygen atoms in total. The number of benzene rings is 1. The lowest BCUT2D eigenvalue weighted by Crippen LogP contribution is -2.24. The van der Waals surface area contributed by atoms with Crippen LogP contribution in [-0.4, -0.2) is 35.8 Å². The number of unbranched alkanes of at least 4 members (excludes halogenated alkanes) is 4. The highest BCUT2D eigenvalue weighted by molar-refractivity contribution is 6.14. The zero-order valence-corrected chi connectivity index (χ0v) is 19.5. The van der Waals surface area contributed by atoms with Crippen molar-refractivity contribution in [3.63, 3.8) is 0 Å². The zero-order chi connectivity index (χ0) is 24.1. The lowest BCUT2D eigenvalue weighted by atomic mass is 9.98. The number of aliphatic carboxylic acids is 1. The predicted molar refractivity (Wildman–Crippen MR) is 135 cm³/mol. The normalized spacial score (nSPS) is 15.6. The summed E-state index contributed by atoms with van der Waals surface area (Å²) < 4.78 is 0. The quantitative estimate of drug-likeness (QED) is 0.264. The van der Waals surface area contributed by atoms with Crippen LogP contribution < -0.4 is 16.8 Å². The van der Waals surface area contributed by atoms with Crippen molar-refractivity contribution in [1.82, 2.24) is 5.32 Å². The highest BCUT2D eigenvalue weighted by Gasteiger charge is 2.08. The van der Waals surface area contributed by atoms with Crippen molar-refractivity contribution in [3.05, 3.63) is 58.8 Å². The largest absolute Gasteiger partial charge is 0.481 e. The van der Waals surface area contributed by atoms with Crippen molar-refractivity contribution in [1.29, 1.82) is 0 Å². The van der Waals surface area contributed by atoms with Gasteiger partial charge in [0.05, 0.1) is 5.71 Å². The minimum Gasteiger partial charge on any atom is -0.481 e. The second-order valence-corrected chi connectivity index (χ2v) is 8.33. The van der Waals surface area contributed by atoms with Crippen LogP contribution in [0.15, 0.2) is 52.7 Å². The van der Waals surface area contributed by atoms with Gasteiger partial charge in [0, 0.05) is 42.9 Å². The standard InChI is InChI=1S/C26H36N4O3/c1-19-16-22(27)12-10-20(19)17-21-11-13-23(28)18-24(21)29-14-6-2-4-8-25(31)30-15-7-3-5-9-26(32)33/h10-13,16-18H,2-9,14-15,27-28H2,1H3,(H,30,31)(H,32,33)/b21-17-,29-24+. The first-order valence-corrected chi connectivity index (χ1v) is 11.6. The molecule has 0 spiro atoms. The number of nitrogens with zero attached hydrogens (tertiary/aromatic N) is 1. The summed E-state index contributed by atoms with van der Waals surface area (Å²) in [7, 11) is 0. The molecule has 6 N–H and O–H groups in total. The Hall–Kier alpha value is -3.35. The summed E-state index contributed by atoms with van der Waals surface area (Å²) in [6.07, 6.45) is 13.5. The molecule has 178 valence electrons. The van der Waals surface area contributed by atoms with Gasteiger partial charge in [0.2, 0.25) is 5.91 Å². The number of anilines is 1. The SMILES string of the molecule is Cc1cc(N)ccc1/C=C1/C=CC(N)=C/C1=N\CCCCCC(=O)NCCCCCC(=O)O. The van der Waals surface area contributed by atoms with Crippen molar-refractivity contribution in [2.75, 3.05) is 18.8 Å². The lowest BCUT2D eigenvalue weighted by molar-refractivity contribution is -0.137. The van der Waals surface area contributed by atoms with Crippen LogP contribution in [0, 0.1) is 6.92 Å². The minimum atomic E-state index is -0.771. The Bertz CT molecular complexity index is 945. The number of nitrogens with two attached hydrogens (primary N) is 2. The van der Waals surface area contributed by atoms with Gasteiger partial charge in [-0.25, -0.2) is 0 Å². The smallest absolute Gasteiger partial charge is 0.303 e. The van der Waals surface area contributed by atoms with E-state index in [0.29, 0.717) is 31.6 Å². The molecule has 0 aromatic heterocycles. The predicted octanol–water partition coefficient (Wildman–Crippen LogP) is 4.14. The Morgan fingerprint density at radius 2 is 1.79 bits per heavy atom. The van der Waals surface area contributed by atoms with Gasteiger partial charge in [-0.1, -0.05) is 25.0 Å². The van der Waals surface area contributed by atoms with Gasteiger partial charge in [0.25, 0.3) is 0 Å². The molecule has 1 amide bonds. The van der Waals surface area contributed by atoms with E-state index in [0.717, 1.165) is 60.2 Å². The molecule has 0 aliphatic heterocycles. The summed E-state index contributed by atoms with van der Waals surface area (Å²) in [5.74, 6) is -0.718. The number of nitrogen functional groups attached to an aromatic ring is 1. The van der Waals surface area contributed by atoms with E-state index in [9.17, 15) is 9.59 Å². The van der Waals surface area contributed by atoms with E-state index in [1.54, 1.807) is 0 Å². The van der Waals surface area contributed by atoms with Crippen LogP contribution in [0.3, 0.4) is 0 Å². The molecule has 0 atom stereocenters. The molecule has 1 aliphatic carbocycles. The third-order valence-electron chi connectivity index (χ3n) is 5.39. The van der Waals surface area contributed by atoms with Crippen molar-refractivity contribution >= 4 is 29.4 Å². The maximum atomic E-state index is 11.9. The maximum absolute atomic E-state index is 11.9. The average molecular weight is 453 g/mol. The lowest BCUT2D eigenvalue weighted by Gasteiger charge is -2.11. The van der Waals surface area contributed by atoms with Crippen molar-refractivity contribution in [2.24, 2.45) is 10.7 Å². The number of hydrogen-bond acceptors (Lipinski definition) is 5. The Morgan fingerprint density at radius 3 is 2.55 bits per heavy atom. The van der Waals surface area contributed by atoms with Gasteiger partial charge in [-0.15, -0.1) is 0 Å². The molecule has 0 saturated heterocycles. The van der Waals surface area contributed by atoms with Crippen LogP contribution in [0.2, 0.25) is 0 Å². The maximum Gasteiger partial charge on any atom is 0.303 e. The van der Waals surface area contributed by atoms with Gasteiger partial charge in [-0.2, -0.15) is 0 Å². The van der Waals surface area contributed by atoms with E-state index in [4.69, 9.17) is 21.6 Å². The van der Waals surface area contributed by atoms with Crippen molar-refractivity contribution < 1.29 is 14.7 Å². The van der Waals surface area contributed by atoms with E-state index in [-0.39, 0.29) is 12.3 Å². The third kappa shape index (κ3) is 10.2. The van der Waals surface area contributed by atoms with Crippen molar-refractivity contribution in [2.45, 2.75) is 58.3 Å². The molecule has 0 unspecified atom stereocenters. The van der Waals surface area contributed by atoms with E-state index in [1.807, 2.05) is 43.4 Å². The van der Waals surface area contributed by atoms with Gasteiger partial charge in [0.1, 0.15) is 0 Å². The van der Waals surface area contributed by atoms with E-state index >= 15 is 0 Å². The fourth-order valence-corrected chi connectivity index (χ4v) is 3.52. The number of carboxylic acid groups (broad SMARTS) is 1. The molecule has 0 bridgehead atoms. The molecule has 0 radical (unpaired) electrons. The second-order valence-electron chi connectivity index (χ2n) is 8.33. The number of hydrogen-bond donors (Lipinski definition) is 4. The number of carbonyl (C=O) groups excluding carboxylic acids is 1. The number of amides is 1. The Morgan fingerprint density at radius 1 is 1.03 bits per heavy atom. The highest BCUT2D eigenvalue weighted by Crippen LogP contribution is 2.20. The first kappa shape index (κ1) is 25.9. The number of aryl methyl sites for hydroxylation is 1. The van der Waals surface area contributed by atoms with Crippen LogP contribution in [-0.2, 0) is 9.59 Å². The van der Waals surface area contributed by atoms with Gasteiger partial charge in [-0.05, 0) is 74.1 Å². The number of aliphatic imine (C=N–C) groups is 1. The van der Waals surface area contributed by atoms with E-state index in [1.165, 1.54) is 0 Å². The monoisotopic (exact) mass is 452 g/mol. The summed E-state index contributed by atoms with van der Waals surface area (Å²) in [6.45, 7) is 3.32. The highest BCUT2D eigenvalue weighted by atomic mass is 16.4. The molecule has 33 heavy (non-hydrogen) atoms. The summed E-state index contributed by atoms with van der Waals surface area (Å²) in [5.41, 5.74) is 17.3. The minimum absolute atomic E-state index is 0.0526. The summed E-state index contributed by atoms with van der Waals surface area (Å²) in [6, 6.07) is 5.85. The molecule has 0 heterocycles. The molecule has 2 rings (SSSR count). The number of allylic oxidation sites excluding steroid dienone is 4. The van der Waals surface area contributed by atoms with Crippen LogP contribution in [0.5, 0.6) is 0 Å². The number of rotatable bonds is 13.